The minimum absolute atomic E-state index is 0.0119. The first-order valence-electron chi connectivity index (χ1n) is 27.5. The number of carboxylic acids is 1. The third-order valence-corrected chi connectivity index (χ3v) is 24.2. The molecule has 9 aliphatic carbocycles. The number of aliphatic hydroxyl groups excluding tert-OH is 1. The molecule has 7 bridgehead atoms. The molecule has 3 aromatic rings. The maximum Gasteiger partial charge on any atom is 0.309 e. The van der Waals surface area contributed by atoms with Crippen LogP contribution in [0.1, 0.15) is 171 Å². The van der Waals surface area contributed by atoms with Gasteiger partial charge in [0.1, 0.15) is 0 Å². The minimum Gasteiger partial charge on any atom is -0.481 e. The molecule has 1 aliphatic heterocycles. The summed E-state index contributed by atoms with van der Waals surface area (Å²) in [5.41, 5.74) is 4.23. The average molecular weight is 919 g/mol. The number of methoxy groups -OCH3 is 1. The summed E-state index contributed by atoms with van der Waals surface area (Å²) in [6.07, 6.45) is 16.7. The first-order valence-corrected chi connectivity index (χ1v) is 27.5. The molecule has 1 heterocycles. The summed E-state index contributed by atoms with van der Waals surface area (Å²) in [6, 6.07) is 21.0. The molecule has 3 N–H and O–H groups in total. The highest BCUT2D eigenvalue weighted by Crippen LogP contribution is 2.93. The Bertz CT molecular complexity index is 2660. The second-order valence-electron chi connectivity index (χ2n) is 26.2. The molecule has 68 heavy (non-hydrogen) atoms. The lowest BCUT2D eigenvalue weighted by Crippen LogP contribution is -2.85. The van der Waals surface area contributed by atoms with Crippen LogP contribution in [0.5, 0.6) is 0 Å². The molecule has 6 saturated carbocycles. The molecule has 5 spiro atoms. The second-order valence-corrected chi connectivity index (χ2v) is 26.2. The van der Waals surface area contributed by atoms with Gasteiger partial charge in [-0.25, -0.2) is 0 Å². The molecule has 0 amide bonds. The number of fused-ring (bicyclic) bond motifs is 4. The summed E-state index contributed by atoms with van der Waals surface area (Å²) in [5.74, 6) is 7.33. The number of hydrogen-bond acceptors (Lipinski definition) is 5. The summed E-state index contributed by atoms with van der Waals surface area (Å²) in [6.45, 7) is 12.9. The summed E-state index contributed by atoms with van der Waals surface area (Å²) < 4.78 is 12.8. The van der Waals surface area contributed by atoms with Crippen molar-refractivity contribution in [3.8, 4) is 11.8 Å². The highest BCUT2D eigenvalue weighted by molar-refractivity contribution is 5.94. The normalized spacial score (nSPS) is 48.3. The average Bonchev–Trinajstić information content (AvgIpc) is 3.48. The van der Waals surface area contributed by atoms with Crippen molar-refractivity contribution in [1.29, 1.82) is 0 Å². The summed E-state index contributed by atoms with van der Waals surface area (Å²) in [5, 5.41) is 41.2. The largest absolute Gasteiger partial charge is 0.481 e. The van der Waals surface area contributed by atoms with Gasteiger partial charge in [-0.1, -0.05) is 101 Å². The molecule has 13 rings (SSSR count). The first kappa shape index (κ1) is 44.7. The number of carbonyl (C=O) groups is 1. The van der Waals surface area contributed by atoms with Crippen molar-refractivity contribution >= 4 is 16.7 Å². The number of aliphatic carboxylic acids is 1. The molecular formula is C62H78O6. The van der Waals surface area contributed by atoms with E-state index in [1.807, 2.05) is 0 Å². The van der Waals surface area contributed by atoms with Gasteiger partial charge in [0.15, 0.2) is 5.79 Å². The summed E-state index contributed by atoms with van der Waals surface area (Å²) >= 11 is 0. The SMILES string of the molecule is CCCC1CC#CC23CCC45C(Cc6ccc(CCOC)cc6)OC(O)(CC(O)C4C24Cc2ccc6cccc7c6c2C2(CC7C6C7C(C)(CCC6(C)C(=O)O)CCC3(C)C72CC1)C4)C5CCC. The van der Waals surface area contributed by atoms with Crippen molar-refractivity contribution in [2.45, 2.75) is 186 Å². The lowest BCUT2D eigenvalue weighted by atomic mass is 9.15. The highest BCUT2D eigenvalue weighted by Gasteiger charge is 2.90. The molecule has 0 aromatic heterocycles. The van der Waals surface area contributed by atoms with Gasteiger partial charge in [0, 0.05) is 48.0 Å². The molecule has 3 aromatic carbocycles. The molecular weight excluding hydrogens is 841 g/mol. The van der Waals surface area contributed by atoms with Gasteiger partial charge in [0.25, 0.3) is 0 Å². The molecule has 362 valence electrons. The molecule has 6 nitrogen and oxygen atoms in total. The molecule has 10 aliphatic rings. The standard InChI is InChI=1S/C62H78O6/c1-7-11-38-13-10-24-59-30-31-60-46(12-8-2)62(66,68-47(60)33-40-18-16-39(17-19-40)23-32-67-6)36-45(63)51(60)58(59)34-42-21-20-41-14-9-15-43-44-35-57(37-58,49(42)48(41)43)61(25-22-38)52-50(44)55(4,53(64)65)28-26-54(52,3)27-29-56(59,61)5/h9,14-21,38,44-47,50-52,63,66H,7-8,11-13,22-23,25-37H2,1-6H3,(H,64,65). The highest BCUT2D eigenvalue weighted by atomic mass is 16.6. The Hall–Kier alpha value is -3.21. The number of aliphatic hydroxyl groups is 2. The van der Waals surface area contributed by atoms with Gasteiger partial charge < -0.3 is 24.8 Å². The van der Waals surface area contributed by atoms with Crippen LogP contribution in [0.4, 0.5) is 0 Å². The Morgan fingerprint density at radius 2 is 1.66 bits per heavy atom. The number of carboxylic acid groups (broad SMARTS) is 1. The monoisotopic (exact) mass is 919 g/mol. The maximum absolute atomic E-state index is 14.3. The number of ether oxygens (including phenoxy) is 2. The molecule has 1 saturated heterocycles. The van der Waals surface area contributed by atoms with Crippen LogP contribution >= 0.6 is 0 Å². The number of rotatable bonds is 10. The van der Waals surface area contributed by atoms with Gasteiger partial charge in [0.2, 0.25) is 0 Å². The Labute approximate surface area is 406 Å². The van der Waals surface area contributed by atoms with Crippen LogP contribution in [-0.4, -0.2) is 53.0 Å². The molecule has 0 radical (unpaired) electrons. The predicted molar refractivity (Wildman–Crippen MR) is 266 cm³/mol. The topological polar surface area (TPSA) is 96.2 Å². The van der Waals surface area contributed by atoms with Gasteiger partial charge in [-0.3, -0.25) is 4.79 Å². The van der Waals surface area contributed by atoms with Crippen LogP contribution < -0.4 is 0 Å². The zero-order chi connectivity index (χ0) is 47.1. The smallest absolute Gasteiger partial charge is 0.309 e. The Kier molecular flexibility index (Phi) is 9.52. The van der Waals surface area contributed by atoms with E-state index >= 15 is 0 Å². The van der Waals surface area contributed by atoms with Crippen molar-refractivity contribution in [1.82, 2.24) is 0 Å². The van der Waals surface area contributed by atoms with E-state index in [1.54, 1.807) is 12.7 Å². The van der Waals surface area contributed by atoms with Gasteiger partial charge in [0.05, 0.1) is 24.2 Å². The van der Waals surface area contributed by atoms with E-state index in [1.165, 1.54) is 39.4 Å². The quantitative estimate of drug-likeness (QED) is 0.175. The minimum atomic E-state index is -1.39. The van der Waals surface area contributed by atoms with Crippen molar-refractivity contribution < 1.29 is 29.6 Å². The lowest BCUT2D eigenvalue weighted by Gasteiger charge is -2.88. The summed E-state index contributed by atoms with van der Waals surface area (Å²) in [7, 11) is 1.76. The van der Waals surface area contributed by atoms with Crippen LogP contribution in [0.3, 0.4) is 0 Å². The van der Waals surface area contributed by atoms with Gasteiger partial charge in [-0.15, -0.1) is 5.92 Å². The molecule has 17 unspecified atom stereocenters. The van der Waals surface area contributed by atoms with E-state index in [2.05, 4.69) is 101 Å². The van der Waals surface area contributed by atoms with Gasteiger partial charge in [-0.2, -0.15) is 0 Å². The van der Waals surface area contributed by atoms with E-state index < -0.39 is 39.5 Å². The van der Waals surface area contributed by atoms with E-state index in [-0.39, 0.29) is 63.8 Å². The van der Waals surface area contributed by atoms with Crippen molar-refractivity contribution in [2.75, 3.05) is 13.7 Å². The molecule has 6 heteroatoms. The fourth-order valence-electron chi connectivity index (χ4n) is 22.2. The Balaban J connectivity index is 1.12. The fraction of sp³-hybridized carbons (Fsp3) is 0.694. The predicted octanol–water partition coefficient (Wildman–Crippen LogP) is 12.1. The Morgan fingerprint density at radius 1 is 0.882 bits per heavy atom. The zero-order valence-corrected chi connectivity index (χ0v) is 42.0. The maximum atomic E-state index is 14.3. The van der Waals surface area contributed by atoms with Crippen LogP contribution in [0, 0.1) is 79.3 Å². The van der Waals surface area contributed by atoms with Crippen LogP contribution in [-0.2, 0) is 38.9 Å². The molecule has 7 fully saturated rings. The van der Waals surface area contributed by atoms with Gasteiger partial charge >= 0.3 is 5.97 Å². The van der Waals surface area contributed by atoms with E-state index in [0.717, 1.165) is 103 Å². The fourth-order valence-corrected chi connectivity index (χ4v) is 22.2. The third kappa shape index (κ3) is 4.96. The van der Waals surface area contributed by atoms with Crippen molar-refractivity contribution in [3.63, 3.8) is 0 Å². The van der Waals surface area contributed by atoms with Crippen molar-refractivity contribution in [3.05, 3.63) is 82.4 Å². The molecule has 17 atom stereocenters. The van der Waals surface area contributed by atoms with E-state index in [4.69, 9.17) is 9.47 Å². The van der Waals surface area contributed by atoms with E-state index in [9.17, 15) is 20.1 Å². The van der Waals surface area contributed by atoms with E-state index in [0.29, 0.717) is 18.9 Å². The van der Waals surface area contributed by atoms with Crippen LogP contribution in [0.2, 0.25) is 0 Å². The van der Waals surface area contributed by atoms with Crippen LogP contribution in [0.15, 0.2) is 54.6 Å². The third-order valence-electron chi connectivity index (χ3n) is 24.2. The number of hydrogen-bond donors (Lipinski definition) is 3. The zero-order valence-electron chi connectivity index (χ0n) is 42.0. The summed E-state index contributed by atoms with van der Waals surface area (Å²) in [4.78, 5) is 14.3. The number of benzene rings is 3. The second kappa shape index (κ2) is 14.5. The van der Waals surface area contributed by atoms with Gasteiger partial charge in [-0.05, 0) is 187 Å². The van der Waals surface area contributed by atoms with Crippen LogP contribution in [0.25, 0.3) is 10.8 Å². The first-order chi connectivity index (χ1) is 32.6. The van der Waals surface area contributed by atoms with Crippen molar-refractivity contribution in [2.24, 2.45) is 67.5 Å². The Morgan fingerprint density at radius 3 is 2.43 bits per heavy atom. The lowest BCUT2D eigenvalue weighted by molar-refractivity contribution is -0.367.